The third kappa shape index (κ3) is 3.75. The standard InChI is InChI=1S/C14H15FN2O2S2/c1-20-13-6-4-12(5-7-13)17-21(18,19)14-8-11(15)3-2-10(14)9-16/h2-8,17H,9,16H2,1H3. The lowest BCUT2D eigenvalue weighted by atomic mass is 10.2. The SMILES string of the molecule is CSc1ccc(NS(=O)(=O)c2cc(F)ccc2CN)cc1. The first kappa shape index (κ1) is 15.8. The average molecular weight is 326 g/mol. The molecule has 0 heterocycles. The zero-order valence-electron chi connectivity index (χ0n) is 11.3. The molecule has 0 spiro atoms. The number of nitrogens with one attached hydrogen (secondary N) is 1. The second-order valence-corrected chi connectivity index (χ2v) is 6.82. The Balaban J connectivity index is 2.35. The highest BCUT2D eigenvalue weighted by atomic mass is 32.2. The van der Waals surface area contributed by atoms with E-state index in [1.165, 1.54) is 12.1 Å². The summed E-state index contributed by atoms with van der Waals surface area (Å²) >= 11 is 1.56. The van der Waals surface area contributed by atoms with Crippen molar-refractivity contribution in [3.63, 3.8) is 0 Å². The van der Waals surface area contributed by atoms with Gasteiger partial charge < -0.3 is 5.73 Å². The molecule has 0 aromatic heterocycles. The second kappa shape index (κ2) is 6.46. The lowest BCUT2D eigenvalue weighted by Crippen LogP contribution is -2.16. The number of hydrogen-bond donors (Lipinski definition) is 2. The number of halogens is 1. The number of nitrogens with two attached hydrogens (primary N) is 1. The number of hydrogen-bond acceptors (Lipinski definition) is 4. The van der Waals surface area contributed by atoms with Gasteiger partial charge in [-0.05, 0) is 48.2 Å². The van der Waals surface area contributed by atoms with Crippen molar-refractivity contribution in [3.8, 4) is 0 Å². The summed E-state index contributed by atoms with van der Waals surface area (Å²) in [6.07, 6.45) is 1.93. The summed E-state index contributed by atoms with van der Waals surface area (Å²) in [5.74, 6) is -0.620. The predicted molar refractivity (Wildman–Crippen MR) is 83.3 cm³/mol. The van der Waals surface area contributed by atoms with Gasteiger partial charge in [0.25, 0.3) is 10.0 Å². The van der Waals surface area contributed by atoms with Crippen LogP contribution in [0, 0.1) is 5.82 Å². The largest absolute Gasteiger partial charge is 0.326 e. The maximum Gasteiger partial charge on any atom is 0.262 e. The van der Waals surface area contributed by atoms with E-state index in [2.05, 4.69) is 4.72 Å². The Labute approximate surface area is 127 Å². The molecule has 21 heavy (non-hydrogen) atoms. The lowest BCUT2D eigenvalue weighted by Gasteiger charge is -2.12. The van der Waals surface area contributed by atoms with Gasteiger partial charge in [0.2, 0.25) is 0 Å². The lowest BCUT2D eigenvalue weighted by molar-refractivity contribution is 0.593. The molecular formula is C14H15FN2O2S2. The Morgan fingerprint density at radius 2 is 1.86 bits per heavy atom. The molecule has 7 heteroatoms. The molecule has 0 fully saturated rings. The van der Waals surface area contributed by atoms with Crippen molar-refractivity contribution in [1.82, 2.24) is 0 Å². The Hall–Kier alpha value is -1.57. The van der Waals surface area contributed by atoms with Crippen LogP contribution in [0.5, 0.6) is 0 Å². The van der Waals surface area contributed by atoms with Crippen molar-refractivity contribution in [3.05, 3.63) is 53.8 Å². The van der Waals surface area contributed by atoms with Crippen LogP contribution in [-0.2, 0) is 16.6 Å². The fraction of sp³-hybridized carbons (Fsp3) is 0.143. The van der Waals surface area contributed by atoms with E-state index in [9.17, 15) is 12.8 Å². The molecule has 0 aliphatic rings. The molecule has 0 amide bonds. The van der Waals surface area contributed by atoms with Crippen LogP contribution in [0.3, 0.4) is 0 Å². The van der Waals surface area contributed by atoms with Crippen LogP contribution in [0.4, 0.5) is 10.1 Å². The average Bonchev–Trinajstić information content (AvgIpc) is 2.47. The molecule has 0 aliphatic heterocycles. The van der Waals surface area contributed by atoms with E-state index in [4.69, 9.17) is 5.73 Å². The van der Waals surface area contributed by atoms with E-state index in [1.807, 2.05) is 6.26 Å². The molecule has 4 nitrogen and oxygen atoms in total. The van der Waals surface area contributed by atoms with E-state index >= 15 is 0 Å². The predicted octanol–water partition coefficient (Wildman–Crippen LogP) is 2.81. The number of sulfonamides is 1. The highest BCUT2D eigenvalue weighted by Gasteiger charge is 2.19. The van der Waals surface area contributed by atoms with Crippen LogP contribution in [0.15, 0.2) is 52.3 Å². The molecule has 3 N–H and O–H groups in total. The maximum absolute atomic E-state index is 13.3. The summed E-state index contributed by atoms with van der Waals surface area (Å²) in [7, 11) is -3.87. The van der Waals surface area contributed by atoms with Crippen molar-refractivity contribution >= 4 is 27.5 Å². The number of rotatable bonds is 5. The van der Waals surface area contributed by atoms with Crippen LogP contribution >= 0.6 is 11.8 Å². The van der Waals surface area contributed by atoms with Gasteiger partial charge in [-0.15, -0.1) is 11.8 Å². The van der Waals surface area contributed by atoms with Gasteiger partial charge in [-0.25, -0.2) is 12.8 Å². The molecule has 0 aliphatic carbocycles. The molecule has 2 aromatic rings. The van der Waals surface area contributed by atoms with Crippen LogP contribution in [-0.4, -0.2) is 14.7 Å². The molecule has 0 bridgehead atoms. The van der Waals surface area contributed by atoms with E-state index < -0.39 is 15.8 Å². The number of anilines is 1. The first-order valence-electron chi connectivity index (χ1n) is 6.11. The third-order valence-electron chi connectivity index (χ3n) is 2.88. The summed E-state index contributed by atoms with van der Waals surface area (Å²) < 4.78 is 40.4. The number of benzene rings is 2. The van der Waals surface area contributed by atoms with Gasteiger partial charge in [-0.3, -0.25) is 4.72 Å². The maximum atomic E-state index is 13.3. The fourth-order valence-electron chi connectivity index (χ4n) is 1.82. The van der Waals surface area contributed by atoms with Crippen molar-refractivity contribution in [2.24, 2.45) is 5.73 Å². The van der Waals surface area contributed by atoms with Crippen molar-refractivity contribution in [1.29, 1.82) is 0 Å². The van der Waals surface area contributed by atoms with E-state index in [1.54, 1.807) is 36.0 Å². The quantitative estimate of drug-likeness (QED) is 0.829. The molecule has 2 rings (SSSR count). The van der Waals surface area contributed by atoms with Crippen LogP contribution < -0.4 is 10.5 Å². The fourth-order valence-corrected chi connectivity index (χ4v) is 3.55. The molecule has 0 atom stereocenters. The summed E-state index contributed by atoms with van der Waals surface area (Å²) in [5, 5.41) is 0. The van der Waals surface area contributed by atoms with E-state index in [0.29, 0.717) is 11.3 Å². The van der Waals surface area contributed by atoms with Crippen LogP contribution in [0.25, 0.3) is 0 Å². The Morgan fingerprint density at radius 1 is 1.19 bits per heavy atom. The van der Waals surface area contributed by atoms with Gasteiger partial charge in [-0.2, -0.15) is 0 Å². The van der Waals surface area contributed by atoms with Gasteiger partial charge >= 0.3 is 0 Å². The summed E-state index contributed by atoms with van der Waals surface area (Å²) in [5.41, 5.74) is 6.29. The number of thioether (sulfide) groups is 1. The minimum absolute atomic E-state index is 0.0158. The van der Waals surface area contributed by atoms with Crippen molar-refractivity contribution < 1.29 is 12.8 Å². The van der Waals surface area contributed by atoms with Crippen LogP contribution in [0.1, 0.15) is 5.56 Å². The highest BCUT2D eigenvalue weighted by molar-refractivity contribution is 7.98. The minimum Gasteiger partial charge on any atom is -0.326 e. The zero-order valence-corrected chi connectivity index (χ0v) is 13.0. The first-order valence-corrected chi connectivity index (χ1v) is 8.82. The van der Waals surface area contributed by atoms with Gasteiger partial charge in [0.1, 0.15) is 5.82 Å². The van der Waals surface area contributed by atoms with Gasteiger partial charge in [0.05, 0.1) is 4.90 Å². The van der Waals surface area contributed by atoms with Gasteiger partial charge in [0, 0.05) is 17.1 Å². The van der Waals surface area contributed by atoms with Crippen molar-refractivity contribution in [2.75, 3.05) is 11.0 Å². The third-order valence-corrected chi connectivity index (χ3v) is 5.09. The minimum atomic E-state index is -3.87. The Kier molecular flexibility index (Phi) is 4.87. The second-order valence-electron chi connectivity index (χ2n) is 4.29. The normalized spacial score (nSPS) is 11.4. The van der Waals surface area contributed by atoms with Gasteiger partial charge in [0.15, 0.2) is 0 Å². The summed E-state index contributed by atoms with van der Waals surface area (Å²) in [6.45, 7) is 0.0158. The van der Waals surface area contributed by atoms with E-state index in [-0.39, 0.29) is 11.4 Å². The summed E-state index contributed by atoms with van der Waals surface area (Å²) in [6, 6.07) is 10.5. The molecule has 0 radical (unpaired) electrons. The topological polar surface area (TPSA) is 72.2 Å². The Bertz CT molecular complexity index is 731. The molecular weight excluding hydrogens is 311 g/mol. The smallest absolute Gasteiger partial charge is 0.262 e. The zero-order chi connectivity index (χ0) is 15.5. The summed E-state index contributed by atoms with van der Waals surface area (Å²) in [4.78, 5) is 0.880. The molecule has 112 valence electrons. The highest BCUT2D eigenvalue weighted by Crippen LogP contribution is 2.22. The van der Waals surface area contributed by atoms with Crippen LogP contribution in [0.2, 0.25) is 0 Å². The van der Waals surface area contributed by atoms with E-state index in [0.717, 1.165) is 11.0 Å². The van der Waals surface area contributed by atoms with Gasteiger partial charge in [-0.1, -0.05) is 6.07 Å². The first-order chi connectivity index (χ1) is 9.96. The molecule has 0 saturated carbocycles. The Morgan fingerprint density at radius 3 is 2.43 bits per heavy atom. The monoisotopic (exact) mass is 326 g/mol. The van der Waals surface area contributed by atoms with Crippen molar-refractivity contribution in [2.45, 2.75) is 16.3 Å². The molecule has 0 unspecified atom stereocenters. The molecule has 0 saturated heterocycles. The molecule has 2 aromatic carbocycles.